The molecular formula is C16H20N2O3. The van der Waals surface area contributed by atoms with Gasteiger partial charge in [-0.2, -0.15) is 0 Å². The Morgan fingerprint density at radius 2 is 1.86 bits per heavy atom. The number of hydrogen-bond donors (Lipinski definition) is 2. The van der Waals surface area contributed by atoms with E-state index in [1.165, 1.54) is 0 Å². The molecule has 0 unspecified atom stereocenters. The Kier molecular flexibility index (Phi) is 6.28. The zero-order valence-electron chi connectivity index (χ0n) is 12.3. The molecule has 0 saturated heterocycles. The number of anilines is 1. The number of carbonyl (C=O) groups is 2. The third-order valence-corrected chi connectivity index (χ3v) is 3.13. The molecule has 21 heavy (non-hydrogen) atoms. The third-order valence-electron chi connectivity index (χ3n) is 3.13. The van der Waals surface area contributed by atoms with Crippen molar-refractivity contribution >= 4 is 17.7 Å². The molecule has 0 aliphatic rings. The zero-order valence-corrected chi connectivity index (χ0v) is 12.3. The van der Waals surface area contributed by atoms with Gasteiger partial charge in [-0.1, -0.05) is 38.0 Å². The summed E-state index contributed by atoms with van der Waals surface area (Å²) in [6, 6.07) is 5.34. The number of urea groups is 1. The number of aliphatic carboxylic acids is 1. The molecule has 0 spiro atoms. The van der Waals surface area contributed by atoms with Crippen LogP contribution in [0.3, 0.4) is 0 Å². The van der Waals surface area contributed by atoms with Crippen molar-refractivity contribution in [2.24, 2.45) is 0 Å². The van der Waals surface area contributed by atoms with E-state index in [1.807, 2.05) is 32.0 Å². The fourth-order valence-electron chi connectivity index (χ4n) is 2.06. The number of rotatable bonds is 6. The zero-order chi connectivity index (χ0) is 15.8. The molecule has 1 rings (SSSR count). The number of nitrogens with zero attached hydrogens (tertiary/aromatic N) is 1. The first-order chi connectivity index (χ1) is 10.0. The molecule has 0 aliphatic carbocycles. The molecule has 0 atom stereocenters. The molecule has 0 bridgehead atoms. The van der Waals surface area contributed by atoms with Crippen LogP contribution in [0.2, 0.25) is 0 Å². The largest absolute Gasteiger partial charge is 0.480 e. The van der Waals surface area contributed by atoms with Crippen molar-refractivity contribution in [1.29, 1.82) is 0 Å². The third kappa shape index (κ3) is 4.53. The molecule has 0 aromatic heterocycles. The van der Waals surface area contributed by atoms with Gasteiger partial charge in [-0.05, 0) is 24.0 Å². The van der Waals surface area contributed by atoms with Crippen molar-refractivity contribution in [3.63, 3.8) is 0 Å². The minimum absolute atomic E-state index is 0.0477. The number of nitrogens with one attached hydrogen (secondary N) is 1. The second-order valence-corrected chi connectivity index (χ2v) is 4.54. The number of carbonyl (C=O) groups excluding carboxylic acids is 1. The number of hydrogen-bond acceptors (Lipinski definition) is 2. The number of benzene rings is 1. The average Bonchev–Trinajstić information content (AvgIpc) is 2.46. The lowest BCUT2D eigenvalue weighted by atomic mass is 10.0. The number of amides is 2. The maximum absolute atomic E-state index is 12.2. The highest BCUT2D eigenvalue weighted by molar-refractivity contribution is 5.93. The minimum atomic E-state index is -1.10. The molecule has 0 heterocycles. The smallest absolute Gasteiger partial charge is 0.323 e. The molecule has 2 amide bonds. The highest BCUT2D eigenvalue weighted by Gasteiger charge is 2.18. The summed E-state index contributed by atoms with van der Waals surface area (Å²) in [6.45, 7) is 3.53. The second-order valence-electron chi connectivity index (χ2n) is 4.54. The first kappa shape index (κ1) is 16.6. The van der Waals surface area contributed by atoms with E-state index in [-0.39, 0.29) is 6.54 Å². The van der Waals surface area contributed by atoms with Gasteiger partial charge in [-0.25, -0.2) is 4.79 Å². The Hall–Kier alpha value is -2.48. The summed E-state index contributed by atoms with van der Waals surface area (Å²) in [6.07, 6.45) is 6.73. The van der Waals surface area contributed by atoms with Crippen molar-refractivity contribution in [1.82, 2.24) is 4.90 Å². The van der Waals surface area contributed by atoms with Gasteiger partial charge in [-0.15, -0.1) is 6.42 Å². The first-order valence-electron chi connectivity index (χ1n) is 6.85. The van der Waals surface area contributed by atoms with Gasteiger partial charge >= 0.3 is 12.0 Å². The van der Waals surface area contributed by atoms with Crippen LogP contribution in [-0.4, -0.2) is 35.1 Å². The second kappa shape index (κ2) is 7.95. The Bertz CT molecular complexity index is 539. The van der Waals surface area contributed by atoms with Gasteiger partial charge in [0.25, 0.3) is 0 Å². The van der Waals surface area contributed by atoms with Crippen LogP contribution in [0, 0.1) is 12.3 Å². The predicted molar refractivity (Wildman–Crippen MR) is 82.3 cm³/mol. The highest BCUT2D eigenvalue weighted by Crippen LogP contribution is 2.22. The normalized spacial score (nSPS) is 9.76. The van der Waals surface area contributed by atoms with E-state index >= 15 is 0 Å². The summed E-state index contributed by atoms with van der Waals surface area (Å²) < 4.78 is 0. The lowest BCUT2D eigenvalue weighted by Crippen LogP contribution is -2.39. The van der Waals surface area contributed by atoms with Crippen molar-refractivity contribution in [3.8, 4) is 12.3 Å². The van der Waals surface area contributed by atoms with Crippen molar-refractivity contribution in [3.05, 3.63) is 29.3 Å². The molecule has 0 saturated carbocycles. The van der Waals surface area contributed by atoms with E-state index in [4.69, 9.17) is 11.5 Å². The van der Waals surface area contributed by atoms with Crippen molar-refractivity contribution < 1.29 is 14.7 Å². The Labute approximate surface area is 125 Å². The molecule has 5 heteroatoms. The van der Waals surface area contributed by atoms with Crippen molar-refractivity contribution in [2.45, 2.75) is 26.7 Å². The van der Waals surface area contributed by atoms with E-state index in [0.717, 1.165) is 34.6 Å². The molecular weight excluding hydrogens is 268 g/mol. The molecule has 112 valence electrons. The summed E-state index contributed by atoms with van der Waals surface area (Å²) in [5.74, 6) is 1.20. The van der Waals surface area contributed by atoms with Crippen LogP contribution in [0.5, 0.6) is 0 Å². The molecule has 1 aromatic carbocycles. The van der Waals surface area contributed by atoms with E-state index < -0.39 is 18.5 Å². The molecule has 0 radical (unpaired) electrons. The van der Waals surface area contributed by atoms with E-state index in [9.17, 15) is 9.59 Å². The Morgan fingerprint density at radius 1 is 1.29 bits per heavy atom. The Morgan fingerprint density at radius 3 is 2.29 bits per heavy atom. The van der Waals surface area contributed by atoms with Gasteiger partial charge in [0.1, 0.15) is 6.54 Å². The maximum atomic E-state index is 12.2. The summed E-state index contributed by atoms with van der Waals surface area (Å²) in [4.78, 5) is 24.1. The number of carboxylic acid groups (broad SMARTS) is 1. The number of terminal acetylenes is 1. The van der Waals surface area contributed by atoms with Crippen molar-refractivity contribution in [2.75, 3.05) is 18.4 Å². The molecule has 1 aromatic rings. The number of para-hydroxylation sites is 1. The highest BCUT2D eigenvalue weighted by atomic mass is 16.4. The summed E-state index contributed by atoms with van der Waals surface area (Å²) in [5, 5.41) is 11.6. The van der Waals surface area contributed by atoms with Crippen LogP contribution in [0.15, 0.2) is 18.2 Å². The molecule has 2 N–H and O–H groups in total. The topological polar surface area (TPSA) is 69.6 Å². The maximum Gasteiger partial charge on any atom is 0.323 e. The lowest BCUT2D eigenvalue weighted by Gasteiger charge is -2.21. The SMILES string of the molecule is C#CCN(CC(=O)O)C(=O)Nc1c(CC)cccc1CC. The van der Waals surface area contributed by atoms with E-state index in [2.05, 4.69) is 11.2 Å². The lowest BCUT2D eigenvalue weighted by molar-refractivity contribution is -0.137. The standard InChI is InChI=1S/C16H20N2O3/c1-4-10-18(11-14(19)20)16(21)17-15-12(5-2)8-7-9-13(15)6-3/h1,7-9H,5-6,10-11H2,2-3H3,(H,17,21)(H,19,20). The fourth-order valence-corrected chi connectivity index (χ4v) is 2.06. The Balaban J connectivity index is 3.00. The van der Waals surface area contributed by atoms with Crippen LogP contribution >= 0.6 is 0 Å². The number of carboxylic acids is 1. The van der Waals surface area contributed by atoms with Gasteiger partial charge in [0.05, 0.1) is 6.54 Å². The van der Waals surface area contributed by atoms with Crippen LogP contribution < -0.4 is 5.32 Å². The van der Waals surface area contributed by atoms with Crippen LogP contribution in [-0.2, 0) is 17.6 Å². The monoisotopic (exact) mass is 288 g/mol. The van der Waals surface area contributed by atoms with Crippen LogP contribution in [0.25, 0.3) is 0 Å². The van der Waals surface area contributed by atoms with E-state index in [0.29, 0.717) is 0 Å². The van der Waals surface area contributed by atoms with E-state index in [1.54, 1.807) is 0 Å². The fraction of sp³-hybridized carbons (Fsp3) is 0.375. The van der Waals surface area contributed by atoms with Gasteiger partial charge in [0.2, 0.25) is 0 Å². The van der Waals surface area contributed by atoms with Crippen LogP contribution in [0.1, 0.15) is 25.0 Å². The first-order valence-corrected chi connectivity index (χ1v) is 6.85. The van der Waals surface area contributed by atoms with Gasteiger partial charge in [-0.3, -0.25) is 4.79 Å². The van der Waals surface area contributed by atoms with Gasteiger partial charge < -0.3 is 15.3 Å². The average molecular weight is 288 g/mol. The van der Waals surface area contributed by atoms with Crippen LogP contribution in [0.4, 0.5) is 10.5 Å². The quantitative estimate of drug-likeness (QED) is 0.789. The summed E-state index contributed by atoms with van der Waals surface area (Å²) >= 11 is 0. The number of aryl methyl sites for hydroxylation is 2. The molecule has 0 fully saturated rings. The molecule has 0 aliphatic heterocycles. The molecule has 5 nitrogen and oxygen atoms in total. The summed E-state index contributed by atoms with van der Waals surface area (Å²) in [5.41, 5.74) is 2.78. The van der Waals surface area contributed by atoms with Gasteiger partial charge in [0, 0.05) is 5.69 Å². The minimum Gasteiger partial charge on any atom is -0.480 e. The summed E-state index contributed by atoms with van der Waals surface area (Å²) in [7, 11) is 0. The predicted octanol–water partition coefficient (Wildman–Crippen LogP) is 2.36. The van der Waals surface area contributed by atoms with Gasteiger partial charge in [0.15, 0.2) is 0 Å².